The number of hydrogen-bond acceptors (Lipinski definition) is 4. The zero-order valence-electron chi connectivity index (χ0n) is 17.2. The van der Waals surface area contributed by atoms with E-state index in [-0.39, 0.29) is 30.6 Å². The molecule has 3 rings (SSSR count). The lowest BCUT2D eigenvalue weighted by Gasteiger charge is -2.32. The third kappa shape index (κ3) is 5.02. The monoisotopic (exact) mass is 379 g/mol. The van der Waals surface area contributed by atoms with Gasteiger partial charge in [0.2, 0.25) is 5.91 Å². The first kappa shape index (κ1) is 20.6. The van der Waals surface area contributed by atoms with E-state index in [1.165, 1.54) is 25.7 Å². The maximum Gasteiger partial charge on any atom is 0.317 e. The van der Waals surface area contributed by atoms with Gasteiger partial charge >= 0.3 is 5.97 Å². The number of carboxylic acids is 1. The molecule has 0 spiro atoms. The molecule has 0 aromatic heterocycles. The highest BCUT2D eigenvalue weighted by molar-refractivity contribution is 5.81. The number of carbonyl (C=O) groups is 2. The summed E-state index contributed by atoms with van der Waals surface area (Å²) in [6, 6.07) is 0.445. The summed E-state index contributed by atoms with van der Waals surface area (Å²) >= 11 is 0. The number of hydrogen-bond donors (Lipinski definition) is 2. The molecule has 6 nitrogen and oxygen atoms in total. The van der Waals surface area contributed by atoms with Gasteiger partial charge in [-0.05, 0) is 83.7 Å². The van der Waals surface area contributed by atoms with Crippen LogP contribution in [0.5, 0.6) is 0 Å². The van der Waals surface area contributed by atoms with Crippen molar-refractivity contribution in [2.75, 3.05) is 26.7 Å². The number of carboxylic acid groups (broad SMARTS) is 1. The summed E-state index contributed by atoms with van der Waals surface area (Å²) < 4.78 is 0. The van der Waals surface area contributed by atoms with Crippen LogP contribution in [0.3, 0.4) is 0 Å². The second kappa shape index (κ2) is 8.91. The summed E-state index contributed by atoms with van der Waals surface area (Å²) in [5, 5.41) is 12.3. The van der Waals surface area contributed by atoms with Crippen molar-refractivity contribution in [1.29, 1.82) is 0 Å². The standard InChI is InChI=1S/C21H37N3O3/c1-14(19-12-16-6-7-17(19)11-16)22-21(27)15(2)24-9-4-5-18(8-10-24)23(3)13-20(25)26/h14-19H,4-13H2,1-3H3,(H,22,27)(H,25,26). The molecule has 27 heavy (non-hydrogen) atoms. The predicted octanol–water partition coefficient (Wildman–Crippen LogP) is 2.19. The van der Waals surface area contributed by atoms with Gasteiger partial charge in [0.25, 0.3) is 0 Å². The molecule has 1 amide bonds. The van der Waals surface area contributed by atoms with Crippen LogP contribution in [0.15, 0.2) is 0 Å². The molecule has 0 radical (unpaired) electrons. The number of nitrogens with zero attached hydrogens (tertiary/aromatic N) is 2. The van der Waals surface area contributed by atoms with Crippen LogP contribution in [0.4, 0.5) is 0 Å². The Labute approximate surface area is 163 Å². The molecule has 1 aliphatic heterocycles. The molecule has 2 saturated carbocycles. The largest absolute Gasteiger partial charge is 0.480 e. The lowest BCUT2D eigenvalue weighted by molar-refractivity contribution is -0.138. The number of amides is 1. The van der Waals surface area contributed by atoms with Gasteiger partial charge in [-0.1, -0.05) is 6.42 Å². The van der Waals surface area contributed by atoms with Crippen molar-refractivity contribution in [3.8, 4) is 0 Å². The molecule has 0 aromatic carbocycles. The highest BCUT2D eigenvalue weighted by atomic mass is 16.4. The summed E-state index contributed by atoms with van der Waals surface area (Å²) in [7, 11) is 1.89. The van der Waals surface area contributed by atoms with Crippen molar-refractivity contribution in [2.45, 2.75) is 76.9 Å². The number of likely N-dealkylation sites (N-methyl/N-ethyl adjacent to an activating group) is 1. The van der Waals surface area contributed by atoms with E-state index in [0.29, 0.717) is 5.92 Å². The fourth-order valence-electron chi connectivity index (χ4n) is 5.80. The third-order valence-corrected chi connectivity index (χ3v) is 7.47. The quantitative estimate of drug-likeness (QED) is 0.709. The van der Waals surface area contributed by atoms with Gasteiger partial charge in [0.15, 0.2) is 0 Å². The van der Waals surface area contributed by atoms with Crippen molar-refractivity contribution in [3.05, 3.63) is 0 Å². The smallest absolute Gasteiger partial charge is 0.317 e. The van der Waals surface area contributed by atoms with Crippen LogP contribution in [0.25, 0.3) is 0 Å². The Hall–Kier alpha value is -1.14. The van der Waals surface area contributed by atoms with Crippen LogP contribution in [-0.2, 0) is 9.59 Å². The Morgan fingerprint density at radius 1 is 1.15 bits per heavy atom. The number of likely N-dealkylation sites (tertiary alicyclic amines) is 1. The Kier molecular flexibility index (Phi) is 6.79. The average Bonchev–Trinajstić information content (AvgIpc) is 3.16. The van der Waals surface area contributed by atoms with Crippen molar-refractivity contribution in [1.82, 2.24) is 15.1 Å². The van der Waals surface area contributed by atoms with Gasteiger partial charge in [-0.3, -0.25) is 19.4 Å². The first-order valence-electron chi connectivity index (χ1n) is 10.8. The minimum Gasteiger partial charge on any atom is -0.480 e. The second-order valence-electron chi connectivity index (χ2n) is 9.24. The molecule has 1 heterocycles. The zero-order chi connectivity index (χ0) is 19.6. The molecule has 2 aliphatic carbocycles. The van der Waals surface area contributed by atoms with E-state index < -0.39 is 5.97 Å². The molecular formula is C21H37N3O3. The van der Waals surface area contributed by atoms with Crippen LogP contribution in [0.2, 0.25) is 0 Å². The van der Waals surface area contributed by atoms with Crippen LogP contribution < -0.4 is 5.32 Å². The summed E-state index contributed by atoms with van der Waals surface area (Å²) in [5.74, 6) is 1.77. The maximum atomic E-state index is 12.8. The van der Waals surface area contributed by atoms with Gasteiger partial charge in [0.05, 0.1) is 12.6 Å². The van der Waals surface area contributed by atoms with Crippen LogP contribution in [0, 0.1) is 17.8 Å². The van der Waals surface area contributed by atoms with E-state index >= 15 is 0 Å². The Morgan fingerprint density at radius 2 is 1.93 bits per heavy atom. The minimum atomic E-state index is -0.777. The SMILES string of the molecule is CC(NC(=O)C(C)N1CCCC(N(C)CC(=O)O)CC1)C1CC2CCC1C2. The second-order valence-corrected chi connectivity index (χ2v) is 9.24. The third-order valence-electron chi connectivity index (χ3n) is 7.47. The highest BCUT2D eigenvalue weighted by Crippen LogP contribution is 2.49. The number of rotatable bonds is 7. The summed E-state index contributed by atoms with van der Waals surface area (Å²) in [4.78, 5) is 28.0. The minimum absolute atomic E-state index is 0.0851. The molecule has 3 fully saturated rings. The van der Waals surface area contributed by atoms with Crippen molar-refractivity contribution in [2.24, 2.45) is 17.8 Å². The lowest BCUT2D eigenvalue weighted by Crippen LogP contribution is -2.50. The van der Waals surface area contributed by atoms with Gasteiger partial charge < -0.3 is 10.4 Å². The molecule has 6 unspecified atom stereocenters. The predicted molar refractivity (Wildman–Crippen MR) is 105 cm³/mol. The lowest BCUT2D eigenvalue weighted by atomic mass is 9.84. The molecule has 2 N–H and O–H groups in total. The zero-order valence-corrected chi connectivity index (χ0v) is 17.2. The molecule has 2 bridgehead atoms. The van der Waals surface area contributed by atoms with Gasteiger partial charge in [0, 0.05) is 18.6 Å². The summed E-state index contributed by atoms with van der Waals surface area (Å²) in [6.45, 7) is 6.06. The molecular weight excluding hydrogens is 342 g/mol. The fourth-order valence-corrected chi connectivity index (χ4v) is 5.80. The molecule has 3 aliphatic rings. The van der Waals surface area contributed by atoms with Crippen LogP contribution in [-0.4, -0.2) is 71.6 Å². The van der Waals surface area contributed by atoms with Gasteiger partial charge in [-0.15, -0.1) is 0 Å². The summed E-state index contributed by atoms with van der Waals surface area (Å²) in [6.07, 6.45) is 8.33. The number of nitrogens with one attached hydrogen (secondary N) is 1. The maximum absolute atomic E-state index is 12.8. The molecule has 154 valence electrons. The van der Waals surface area contributed by atoms with E-state index in [4.69, 9.17) is 5.11 Å². The van der Waals surface area contributed by atoms with E-state index in [2.05, 4.69) is 17.1 Å². The Balaban J connectivity index is 1.47. The molecule has 6 atom stereocenters. The fraction of sp³-hybridized carbons (Fsp3) is 0.905. The first-order valence-corrected chi connectivity index (χ1v) is 10.8. The average molecular weight is 380 g/mol. The number of carbonyl (C=O) groups excluding carboxylic acids is 1. The number of aliphatic carboxylic acids is 1. The van der Waals surface area contributed by atoms with E-state index in [9.17, 15) is 9.59 Å². The van der Waals surface area contributed by atoms with E-state index in [1.807, 2.05) is 18.9 Å². The Morgan fingerprint density at radius 3 is 2.56 bits per heavy atom. The van der Waals surface area contributed by atoms with Crippen LogP contribution in [0.1, 0.15) is 58.8 Å². The van der Waals surface area contributed by atoms with E-state index in [1.54, 1.807) is 0 Å². The topological polar surface area (TPSA) is 72.9 Å². The normalized spacial score (nSPS) is 33.6. The molecule has 0 aromatic rings. The molecule has 1 saturated heterocycles. The van der Waals surface area contributed by atoms with E-state index in [0.717, 1.165) is 44.2 Å². The van der Waals surface area contributed by atoms with Gasteiger partial charge in [0.1, 0.15) is 0 Å². The number of fused-ring (bicyclic) bond motifs is 2. The highest BCUT2D eigenvalue weighted by Gasteiger charge is 2.42. The van der Waals surface area contributed by atoms with Gasteiger partial charge in [-0.25, -0.2) is 0 Å². The van der Waals surface area contributed by atoms with Crippen molar-refractivity contribution >= 4 is 11.9 Å². The molecule has 6 heteroatoms. The first-order chi connectivity index (χ1) is 12.8. The van der Waals surface area contributed by atoms with Crippen molar-refractivity contribution < 1.29 is 14.7 Å². The Bertz CT molecular complexity index is 541. The van der Waals surface area contributed by atoms with Gasteiger partial charge in [-0.2, -0.15) is 0 Å². The van der Waals surface area contributed by atoms with Crippen LogP contribution >= 0.6 is 0 Å². The van der Waals surface area contributed by atoms with Crippen molar-refractivity contribution in [3.63, 3.8) is 0 Å². The summed E-state index contributed by atoms with van der Waals surface area (Å²) in [5.41, 5.74) is 0.